The monoisotopic (exact) mass is 343 g/mol. The quantitative estimate of drug-likeness (QED) is 0.313. The standard InChI is InChI=1S/C24H22FN/c1-2-3-4-5-19-8-13-22(14-9-19)23-15-10-20(11-16-23)6-7-21-12-17-24(25)26-18-21/h8-18H,2-5H2,1H3. The summed E-state index contributed by atoms with van der Waals surface area (Å²) < 4.78 is 12.8. The molecule has 26 heavy (non-hydrogen) atoms. The van der Waals surface area contributed by atoms with E-state index in [2.05, 4.69) is 60.1 Å². The molecule has 0 aliphatic carbocycles. The lowest BCUT2D eigenvalue weighted by molar-refractivity contribution is 0.583. The lowest BCUT2D eigenvalue weighted by Gasteiger charge is -2.05. The maximum absolute atomic E-state index is 12.8. The third-order valence-electron chi connectivity index (χ3n) is 4.32. The number of hydrogen-bond donors (Lipinski definition) is 0. The van der Waals surface area contributed by atoms with Gasteiger partial charge in [-0.3, -0.25) is 0 Å². The number of halogens is 1. The minimum absolute atomic E-state index is 0.490. The molecule has 2 heteroatoms. The summed E-state index contributed by atoms with van der Waals surface area (Å²) in [5, 5.41) is 0. The number of aryl methyl sites for hydroxylation is 1. The van der Waals surface area contributed by atoms with Crippen molar-refractivity contribution < 1.29 is 4.39 Å². The Labute approximate surface area is 154 Å². The van der Waals surface area contributed by atoms with E-state index in [9.17, 15) is 4.39 Å². The van der Waals surface area contributed by atoms with E-state index in [1.54, 1.807) is 6.07 Å². The SMILES string of the molecule is CCCCCc1ccc(-c2ccc(C#Cc3ccc(F)nc3)cc2)cc1. The fraction of sp³-hybridized carbons (Fsp3) is 0.208. The molecule has 0 radical (unpaired) electrons. The number of hydrogen-bond acceptors (Lipinski definition) is 1. The number of nitrogens with zero attached hydrogens (tertiary/aromatic N) is 1. The van der Waals surface area contributed by atoms with Crippen LogP contribution in [-0.4, -0.2) is 4.98 Å². The van der Waals surface area contributed by atoms with Gasteiger partial charge >= 0.3 is 0 Å². The first-order valence-electron chi connectivity index (χ1n) is 9.07. The second-order valence-corrected chi connectivity index (χ2v) is 6.35. The molecule has 1 nitrogen and oxygen atoms in total. The van der Waals surface area contributed by atoms with E-state index in [1.807, 2.05) is 12.1 Å². The first-order chi connectivity index (χ1) is 12.7. The summed E-state index contributed by atoms with van der Waals surface area (Å²) in [6.45, 7) is 2.23. The van der Waals surface area contributed by atoms with E-state index in [1.165, 1.54) is 48.2 Å². The average molecular weight is 343 g/mol. The van der Waals surface area contributed by atoms with Crippen molar-refractivity contribution in [2.75, 3.05) is 0 Å². The van der Waals surface area contributed by atoms with E-state index in [0.717, 1.165) is 12.0 Å². The topological polar surface area (TPSA) is 12.9 Å². The maximum atomic E-state index is 12.8. The van der Waals surface area contributed by atoms with Gasteiger partial charge in [-0.2, -0.15) is 4.39 Å². The van der Waals surface area contributed by atoms with Crippen molar-refractivity contribution in [2.24, 2.45) is 0 Å². The summed E-state index contributed by atoms with van der Waals surface area (Å²) in [6, 6.07) is 19.9. The predicted octanol–water partition coefficient (Wildman–Crippen LogP) is 6.02. The van der Waals surface area contributed by atoms with Gasteiger partial charge in [0, 0.05) is 17.3 Å². The summed E-state index contributed by atoms with van der Waals surface area (Å²) in [6.07, 6.45) is 6.40. The summed E-state index contributed by atoms with van der Waals surface area (Å²) in [5.74, 6) is 5.59. The van der Waals surface area contributed by atoms with Gasteiger partial charge in [-0.25, -0.2) is 4.98 Å². The van der Waals surface area contributed by atoms with Crippen LogP contribution in [0.2, 0.25) is 0 Å². The van der Waals surface area contributed by atoms with Crippen molar-refractivity contribution in [3.05, 3.63) is 89.5 Å². The van der Waals surface area contributed by atoms with Crippen LogP contribution in [0.4, 0.5) is 4.39 Å². The Kier molecular flexibility index (Phi) is 6.17. The highest BCUT2D eigenvalue weighted by atomic mass is 19.1. The Morgan fingerprint density at radius 2 is 1.38 bits per heavy atom. The maximum Gasteiger partial charge on any atom is 0.212 e. The van der Waals surface area contributed by atoms with E-state index in [-0.39, 0.29) is 0 Å². The highest BCUT2D eigenvalue weighted by Gasteiger charge is 1.99. The van der Waals surface area contributed by atoms with Gasteiger partial charge in [-0.15, -0.1) is 0 Å². The molecule has 1 heterocycles. The molecule has 3 rings (SSSR count). The average Bonchev–Trinajstić information content (AvgIpc) is 2.69. The Balaban J connectivity index is 1.66. The fourth-order valence-electron chi connectivity index (χ4n) is 2.78. The van der Waals surface area contributed by atoms with Gasteiger partial charge in [0.25, 0.3) is 0 Å². The smallest absolute Gasteiger partial charge is 0.212 e. The molecule has 130 valence electrons. The molecule has 0 aliphatic heterocycles. The highest BCUT2D eigenvalue weighted by molar-refractivity contribution is 5.64. The normalized spacial score (nSPS) is 10.2. The van der Waals surface area contributed by atoms with Crippen LogP contribution < -0.4 is 0 Å². The fourth-order valence-corrected chi connectivity index (χ4v) is 2.78. The Morgan fingerprint density at radius 3 is 2.00 bits per heavy atom. The molecular formula is C24H22FN. The van der Waals surface area contributed by atoms with Crippen molar-refractivity contribution in [2.45, 2.75) is 32.6 Å². The van der Waals surface area contributed by atoms with Gasteiger partial charge in [0.15, 0.2) is 0 Å². The van der Waals surface area contributed by atoms with Crippen molar-refractivity contribution in [1.29, 1.82) is 0 Å². The van der Waals surface area contributed by atoms with Crippen molar-refractivity contribution in [3.63, 3.8) is 0 Å². The van der Waals surface area contributed by atoms with Crippen molar-refractivity contribution in [1.82, 2.24) is 4.98 Å². The molecule has 0 bridgehead atoms. The zero-order chi connectivity index (χ0) is 18.2. The molecule has 0 atom stereocenters. The van der Waals surface area contributed by atoms with Crippen LogP contribution in [0.3, 0.4) is 0 Å². The molecular weight excluding hydrogens is 321 g/mol. The molecule has 0 fully saturated rings. The number of rotatable bonds is 5. The van der Waals surface area contributed by atoms with Crippen LogP contribution in [0.1, 0.15) is 42.9 Å². The molecule has 0 amide bonds. The van der Waals surface area contributed by atoms with Crippen LogP contribution in [0, 0.1) is 17.8 Å². The summed E-state index contributed by atoms with van der Waals surface area (Å²) in [7, 11) is 0. The molecule has 2 aromatic carbocycles. The number of unbranched alkanes of at least 4 members (excludes halogenated alkanes) is 2. The zero-order valence-electron chi connectivity index (χ0n) is 15.0. The molecule has 3 aromatic rings. The van der Waals surface area contributed by atoms with Crippen molar-refractivity contribution in [3.8, 4) is 23.0 Å². The van der Waals surface area contributed by atoms with Gasteiger partial charge < -0.3 is 0 Å². The third kappa shape index (κ3) is 5.04. The van der Waals surface area contributed by atoms with E-state index >= 15 is 0 Å². The van der Waals surface area contributed by atoms with Gasteiger partial charge in [0.2, 0.25) is 5.95 Å². The number of benzene rings is 2. The van der Waals surface area contributed by atoms with Crippen LogP contribution in [-0.2, 0) is 6.42 Å². The highest BCUT2D eigenvalue weighted by Crippen LogP contribution is 2.21. The van der Waals surface area contributed by atoms with Gasteiger partial charge in [0.05, 0.1) is 0 Å². The van der Waals surface area contributed by atoms with Crippen LogP contribution in [0.15, 0.2) is 66.9 Å². The molecule has 0 spiro atoms. The van der Waals surface area contributed by atoms with Gasteiger partial charge in [-0.05, 0) is 53.8 Å². The molecule has 0 saturated carbocycles. The zero-order valence-corrected chi connectivity index (χ0v) is 15.0. The van der Waals surface area contributed by atoms with Crippen LogP contribution >= 0.6 is 0 Å². The summed E-state index contributed by atoms with van der Waals surface area (Å²) in [4.78, 5) is 3.61. The minimum Gasteiger partial charge on any atom is -0.227 e. The lowest BCUT2D eigenvalue weighted by Crippen LogP contribution is -1.86. The van der Waals surface area contributed by atoms with Crippen molar-refractivity contribution >= 4 is 0 Å². The number of aromatic nitrogens is 1. The van der Waals surface area contributed by atoms with Crippen LogP contribution in [0.5, 0.6) is 0 Å². The summed E-state index contributed by atoms with van der Waals surface area (Å²) >= 11 is 0. The minimum atomic E-state index is -0.490. The van der Waals surface area contributed by atoms with E-state index < -0.39 is 5.95 Å². The van der Waals surface area contributed by atoms with E-state index in [4.69, 9.17) is 0 Å². The van der Waals surface area contributed by atoms with Crippen LogP contribution in [0.25, 0.3) is 11.1 Å². The molecule has 1 aromatic heterocycles. The second-order valence-electron chi connectivity index (χ2n) is 6.35. The molecule has 0 saturated heterocycles. The van der Waals surface area contributed by atoms with Gasteiger partial charge in [-0.1, -0.05) is 68.0 Å². The Bertz CT molecular complexity index is 882. The third-order valence-corrected chi connectivity index (χ3v) is 4.32. The summed E-state index contributed by atoms with van der Waals surface area (Å²) in [5.41, 5.74) is 5.42. The first-order valence-corrected chi connectivity index (χ1v) is 9.07. The lowest BCUT2D eigenvalue weighted by atomic mass is 10.0. The molecule has 0 N–H and O–H groups in total. The number of pyridine rings is 1. The largest absolute Gasteiger partial charge is 0.227 e. The Morgan fingerprint density at radius 1 is 0.769 bits per heavy atom. The Hall–Kier alpha value is -2.92. The first kappa shape index (κ1) is 17.9. The molecule has 0 aliphatic rings. The molecule has 0 unspecified atom stereocenters. The van der Waals surface area contributed by atoms with E-state index in [0.29, 0.717) is 5.56 Å². The van der Waals surface area contributed by atoms with Gasteiger partial charge in [0.1, 0.15) is 0 Å². The second kappa shape index (κ2) is 8.97. The predicted molar refractivity (Wildman–Crippen MR) is 105 cm³/mol.